The number of rotatable bonds is 5. The van der Waals surface area contributed by atoms with Crippen LogP contribution in [0, 0.1) is 11.8 Å². The van der Waals surface area contributed by atoms with Gasteiger partial charge in [0, 0.05) is 46.3 Å². The summed E-state index contributed by atoms with van der Waals surface area (Å²) in [5, 5.41) is 3.30. The lowest BCUT2D eigenvalue weighted by Crippen LogP contribution is -2.43. The highest BCUT2D eigenvalue weighted by Crippen LogP contribution is 2.22. The van der Waals surface area contributed by atoms with E-state index in [1.165, 1.54) is 4.90 Å². The van der Waals surface area contributed by atoms with Crippen molar-refractivity contribution in [3.05, 3.63) is 0 Å². The van der Waals surface area contributed by atoms with Gasteiger partial charge in [0.1, 0.15) is 0 Å². The topological polar surface area (TPSA) is 40.1 Å². The molecule has 0 aromatic rings. The fraction of sp³-hybridized carbons (Fsp3) is 0.933. The van der Waals surface area contributed by atoms with Gasteiger partial charge >= 0.3 is 6.18 Å². The molecule has 142 valence electrons. The second-order valence-electron chi connectivity index (χ2n) is 6.54. The summed E-state index contributed by atoms with van der Waals surface area (Å²) >= 11 is 0. The Hall–Kier alpha value is -0.290. The van der Waals surface area contributed by atoms with Crippen LogP contribution < -0.4 is 5.32 Å². The molecule has 2 heterocycles. The van der Waals surface area contributed by atoms with Crippen molar-refractivity contribution in [1.82, 2.24) is 15.1 Å². The summed E-state index contributed by atoms with van der Waals surface area (Å²) in [6.45, 7) is 3.35. The highest BCUT2D eigenvalue weighted by atomic mass is 127. The summed E-state index contributed by atoms with van der Waals surface area (Å²) < 4.78 is 42.6. The van der Waals surface area contributed by atoms with E-state index in [2.05, 4.69) is 15.2 Å². The van der Waals surface area contributed by atoms with Crippen molar-refractivity contribution in [2.45, 2.75) is 19.0 Å². The molecule has 0 spiro atoms. The summed E-state index contributed by atoms with van der Waals surface area (Å²) in [6.07, 6.45) is -2.25. The standard InChI is InChI=1S/C15H27F3N4O.HI/c1-19-14(21(2)8-13-4-6-23-10-13)20-7-12-3-5-22(9-12)11-15(16,17)18;/h12-13H,3-11H2,1-2H3,(H,19,20);1H. The highest BCUT2D eigenvalue weighted by Gasteiger charge is 2.34. The molecule has 0 amide bonds. The molecule has 2 atom stereocenters. The molecule has 2 aliphatic rings. The fourth-order valence-corrected chi connectivity index (χ4v) is 3.30. The first-order chi connectivity index (χ1) is 10.9. The van der Waals surface area contributed by atoms with E-state index < -0.39 is 12.7 Å². The maximum absolute atomic E-state index is 12.4. The summed E-state index contributed by atoms with van der Waals surface area (Å²) in [5.41, 5.74) is 0. The van der Waals surface area contributed by atoms with E-state index in [0.717, 1.165) is 38.6 Å². The van der Waals surface area contributed by atoms with Crippen LogP contribution in [-0.4, -0.2) is 82.0 Å². The molecule has 2 fully saturated rings. The quantitative estimate of drug-likeness (QED) is 0.384. The van der Waals surface area contributed by atoms with Crippen LogP contribution in [0.5, 0.6) is 0 Å². The Balaban J connectivity index is 0.00000288. The molecule has 24 heavy (non-hydrogen) atoms. The summed E-state index contributed by atoms with van der Waals surface area (Å²) in [6, 6.07) is 0. The Morgan fingerprint density at radius 2 is 2.08 bits per heavy atom. The number of aliphatic imine (C=N–C) groups is 1. The number of likely N-dealkylation sites (tertiary alicyclic amines) is 1. The zero-order valence-electron chi connectivity index (χ0n) is 14.3. The van der Waals surface area contributed by atoms with E-state index in [1.54, 1.807) is 7.05 Å². The normalized spacial score (nSPS) is 25.6. The molecule has 2 unspecified atom stereocenters. The number of halogens is 4. The van der Waals surface area contributed by atoms with Crippen molar-refractivity contribution in [3.63, 3.8) is 0 Å². The Bertz CT molecular complexity index is 403. The number of ether oxygens (including phenoxy) is 1. The lowest BCUT2D eigenvalue weighted by atomic mass is 10.1. The van der Waals surface area contributed by atoms with Gasteiger partial charge in [0.05, 0.1) is 13.2 Å². The zero-order chi connectivity index (χ0) is 16.9. The Morgan fingerprint density at radius 1 is 1.33 bits per heavy atom. The Labute approximate surface area is 159 Å². The molecule has 2 rings (SSSR count). The minimum Gasteiger partial charge on any atom is -0.381 e. The number of nitrogens with one attached hydrogen (secondary N) is 1. The summed E-state index contributed by atoms with van der Waals surface area (Å²) in [4.78, 5) is 7.82. The molecule has 1 N–H and O–H groups in total. The Morgan fingerprint density at radius 3 is 2.67 bits per heavy atom. The SMILES string of the molecule is CN=C(NCC1CCN(CC(F)(F)F)C1)N(C)CC1CCOC1.I. The van der Waals surface area contributed by atoms with Crippen molar-refractivity contribution in [2.24, 2.45) is 16.8 Å². The summed E-state index contributed by atoms with van der Waals surface area (Å²) in [7, 11) is 3.72. The third kappa shape index (κ3) is 7.30. The first-order valence-electron chi connectivity index (χ1n) is 8.16. The van der Waals surface area contributed by atoms with Crippen LogP contribution in [0.2, 0.25) is 0 Å². The lowest BCUT2D eigenvalue weighted by Gasteiger charge is -2.25. The van der Waals surface area contributed by atoms with Crippen molar-refractivity contribution in [1.29, 1.82) is 0 Å². The number of guanidine groups is 1. The Kier molecular flexibility index (Phi) is 9.07. The minimum atomic E-state index is -4.11. The van der Waals surface area contributed by atoms with E-state index in [0.29, 0.717) is 25.6 Å². The van der Waals surface area contributed by atoms with Gasteiger partial charge in [-0.3, -0.25) is 9.89 Å². The number of hydrogen-bond acceptors (Lipinski definition) is 3. The van der Waals surface area contributed by atoms with Gasteiger partial charge in [0.25, 0.3) is 0 Å². The second-order valence-corrected chi connectivity index (χ2v) is 6.54. The average molecular weight is 464 g/mol. The molecular weight excluding hydrogens is 436 g/mol. The monoisotopic (exact) mass is 464 g/mol. The fourth-order valence-electron chi connectivity index (χ4n) is 3.30. The van der Waals surface area contributed by atoms with Gasteiger partial charge in [-0.25, -0.2) is 0 Å². The predicted octanol–water partition coefficient (Wildman–Crippen LogP) is 2.03. The zero-order valence-corrected chi connectivity index (χ0v) is 16.6. The van der Waals surface area contributed by atoms with Gasteiger partial charge in [-0.2, -0.15) is 13.2 Å². The van der Waals surface area contributed by atoms with Crippen LogP contribution >= 0.6 is 24.0 Å². The van der Waals surface area contributed by atoms with Gasteiger partial charge in [-0.05, 0) is 25.3 Å². The largest absolute Gasteiger partial charge is 0.401 e. The van der Waals surface area contributed by atoms with E-state index in [4.69, 9.17) is 4.74 Å². The van der Waals surface area contributed by atoms with Crippen LogP contribution in [-0.2, 0) is 4.74 Å². The second kappa shape index (κ2) is 10.0. The smallest absolute Gasteiger partial charge is 0.381 e. The number of nitrogens with zero attached hydrogens (tertiary/aromatic N) is 3. The van der Waals surface area contributed by atoms with Crippen LogP contribution in [0.3, 0.4) is 0 Å². The van der Waals surface area contributed by atoms with Gasteiger partial charge in [-0.15, -0.1) is 24.0 Å². The maximum atomic E-state index is 12.4. The summed E-state index contributed by atoms with van der Waals surface area (Å²) in [5.74, 6) is 1.55. The molecule has 0 saturated carbocycles. The highest BCUT2D eigenvalue weighted by molar-refractivity contribution is 14.0. The van der Waals surface area contributed by atoms with Gasteiger partial charge in [0.2, 0.25) is 0 Å². The van der Waals surface area contributed by atoms with Crippen molar-refractivity contribution in [3.8, 4) is 0 Å². The van der Waals surface area contributed by atoms with Gasteiger partial charge in [0.15, 0.2) is 5.96 Å². The molecule has 2 aliphatic heterocycles. The molecule has 0 radical (unpaired) electrons. The molecular formula is C15H28F3IN4O. The lowest BCUT2D eigenvalue weighted by molar-refractivity contribution is -0.143. The first kappa shape index (κ1) is 21.8. The van der Waals surface area contributed by atoms with Crippen molar-refractivity contribution in [2.75, 3.05) is 60.0 Å². The molecule has 2 saturated heterocycles. The molecule has 0 bridgehead atoms. The number of hydrogen-bond donors (Lipinski definition) is 1. The third-order valence-corrected chi connectivity index (χ3v) is 4.45. The van der Waals surface area contributed by atoms with E-state index >= 15 is 0 Å². The maximum Gasteiger partial charge on any atom is 0.401 e. The van der Waals surface area contributed by atoms with Crippen LogP contribution in [0.15, 0.2) is 4.99 Å². The molecule has 0 aromatic heterocycles. The van der Waals surface area contributed by atoms with Crippen LogP contribution in [0.25, 0.3) is 0 Å². The van der Waals surface area contributed by atoms with Crippen molar-refractivity contribution < 1.29 is 17.9 Å². The van der Waals surface area contributed by atoms with Gasteiger partial charge in [-0.1, -0.05) is 0 Å². The van der Waals surface area contributed by atoms with Gasteiger partial charge < -0.3 is 15.0 Å². The van der Waals surface area contributed by atoms with Crippen LogP contribution in [0.4, 0.5) is 13.2 Å². The van der Waals surface area contributed by atoms with E-state index in [-0.39, 0.29) is 29.9 Å². The molecule has 5 nitrogen and oxygen atoms in total. The van der Waals surface area contributed by atoms with E-state index in [9.17, 15) is 13.2 Å². The average Bonchev–Trinajstić information content (AvgIpc) is 3.10. The first-order valence-corrected chi connectivity index (χ1v) is 8.16. The minimum absolute atomic E-state index is 0. The number of alkyl halides is 3. The molecule has 0 aromatic carbocycles. The molecule has 0 aliphatic carbocycles. The molecule has 9 heteroatoms. The van der Waals surface area contributed by atoms with Crippen LogP contribution in [0.1, 0.15) is 12.8 Å². The third-order valence-electron chi connectivity index (χ3n) is 4.45. The van der Waals surface area contributed by atoms with Crippen molar-refractivity contribution >= 4 is 29.9 Å². The van der Waals surface area contributed by atoms with E-state index in [1.807, 2.05) is 7.05 Å². The predicted molar refractivity (Wildman–Crippen MR) is 98.9 cm³/mol.